The SMILES string of the molecule is CC(C)(C)[Si](C)(C)Oc1ccc(-c2ccccc2N)cc1. The Kier molecular flexibility index (Phi) is 4.15. The molecule has 0 saturated carbocycles. The summed E-state index contributed by atoms with van der Waals surface area (Å²) in [5, 5.41) is 0.204. The quantitative estimate of drug-likeness (QED) is 0.615. The smallest absolute Gasteiger partial charge is 0.250 e. The number of hydrogen-bond donors (Lipinski definition) is 1. The average Bonchev–Trinajstić information content (AvgIpc) is 2.39. The van der Waals surface area contributed by atoms with Crippen LogP contribution in [0.15, 0.2) is 48.5 Å². The molecule has 0 amide bonds. The van der Waals surface area contributed by atoms with Crippen LogP contribution < -0.4 is 10.2 Å². The van der Waals surface area contributed by atoms with Crippen molar-refractivity contribution in [2.75, 3.05) is 5.73 Å². The van der Waals surface area contributed by atoms with E-state index in [1.54, 1.807) is 0 Å². The topological polar surface area (TPSA) is 35.2 Å². The van der Waals surface area contributed by atoms with Gasteiger partial charge < -0.3 is 10.2 Å². The molecule has 0 aliphatic carbocycles. The maximum atomic E-state index is 6.30. The van der Waals surface area contributed by atoms with Crippen LogP contribution in [0, 0.1) is 0 Å². The normalized spacial score (nSPS) is 12.2. The van der Waals surface area contributed by atoms with Crippen LogP contribution in [0.1, 0.15) is 20.8 Å². The summed E-state index contributed by atoms with van der Waals surface area (Å²) in [4.78, 5) is 0. The minimum atomic E-state index is -1.78. The Morgan fingerprint density at radius 3 is 2.00 bits per heavy atom. The second-order valence-corrected chi connectivity index (χ2v) is 11.7. The van der Waals surface area contributed by atoms with Gasteiger partial charge in [-0.2, -0.15) is 0 Å². The van der Waals surface area contributed by atoms with Gasteiger partial charge in [-0.25, -0.2) is 0 Å². The average molecular weight is 299 g/mol. The predicted molar refractivity (Wildman–Crippen MR) is 94.1 cm³/mol. The molecule has 2 aromatic rings. The van der Waals surface area contributed by atoms with Gasteiger partial charge in [-0.1, -0.05) is 51.1 Å². The highest BCUT2D eigenvalue weighted by atomic mass is 28.4. The van der Waals surface area contributed by atoms with Crippen LogP contribution in [0.4, 0.5) is 5.69 Å². The number of nitrogen functional groups attached to an aromatic ring is 1. The molecule has 0 spiro atoms. The molecule has 0 bridgehead atoms. The Morgan fingerprint density at radius 2 is 1.48 bits per heavy atom. The maximum absolute atomic E-state index is 6.30. The summed E-state index contributed by atoms with van der Waals surface area (Å²) in [7, 11) is -1.78. The number of anilines is 1. The standard InChI is InChI=1S/C18H25NOSi/c1-18(2,3)21(4,5)20-15-12-10-14(11-13-15)16-8-6-7-9-17(16)19/h6-13H,19H2,1-5H3. The van der Waals surface area contributed by atoms with E-state index in [1.807, 2.05) is 36.4 Å². The molecule has 0 fully saturated rings. The Labute approximate surface area is 129 Å². The third-order valence-corrected chi connectivity index (χ3v) is 8.66. The lowest BCUT2D eigenvalue weighted by Gasteiger charge is -2.36. The minimum Gasteiger partial charge on any atom is -0.544 e. The molecule has 0 aromatic heterocycles. The summed E-state index contributed by atoms with van der Waals surface area (Å²) in [5.74, 6) is 0.944. The van der Waals surface area contributed by atoms with E-state index in [0.717, 1.165) is 22.6 Å². The van der Waals surface area contributed by atoms with E-state index in [1.165, 1.54) is 0 Å². The van der Waals surface area contributed by atoms with Gasteiger partial charge in [0.05, 0.1) is 0 Å². The molecule has 0 saturated heterocycles. The Morgan fingerprint density at radius 1 is 0.905 bits per heavy atom. The van der Waals surface area contributed by atoms with Crippen molar-refractivity contribution in [3.05, 3.63) is 48.5 Å². The number of benzene rings is 2. The largest absolute Gasteiger partial charge is 0.544 e. The van der Waals surface area contributed by atoms with E-state index in [9.17, 15) is 0 Å². The van der Waals surface area contributed by atoms with Crippen molar-refractivity contribution < 1.29 is 4.43 Å². The highest BCUT2D eigenvalue weighted by molar-refractivity contribution is 6.74. The number of nitrogens with two attached hydrogens (primary N) is 1. The first-order valence-corrected chi connectivity index (χ1v) is 10.3. The van der Waals surface area contributed by atoms with Gasteiger partial charge in [0.1, 0.15) is 5.75 Å². The third kappa shape index (κ3) is 3.48. The summed E-state index contributed by atoms with van der Waals surface area (Å²) in [6.45, 7) is 11.3. The Bertz CT molecular complexity index is 612. The highest BCUT2D eigenvalue weighted by Gasteiger charge is 2.38. The molecule has 2 aromatic carbocycles. The van der Waals surface area contributed by atoms with Crippen molar-refractivity contribution in [2.45, 2.75) is 38.9 Å². The van der Waals surface area contributed by atoms with Crippen LogP contribution in [-0.4, -0.2) is 8.32 Å². The van der Waals surface area contributed by atoms with E-state index in [-0.39, 0.29) is 5.04 Å². The first-order chi connectivity index (χ1) is 9.71. The number of para-hydroxylation sites is 1. The first kappa shape index (κ1) is 15.6. The van der Waals surface area contributed by atoms with Gasteiger partial charge in [0.15, 0.2) is 0 Å². The maximum Gasteiger partial charge on any atom is 0.250 e. The summed E-state index contributed by atoms with van der Waals surface area (Å²) in [6, 6.07) is 16.2. The molecular formula is C18H25NOSi. The molecular weight excluding hydrogens is 274 g/mol. The van der Waals surface area contributed by atoms with Crippen LogP contribution in [0.25, 0.3) is 11.1 Å². The molecule has 2 N–H and O–H groups in total. The van der Waals surface area contributed by atoms with E-state index < -0.39 is 8.32 Å². The molecule has 2 rings (SSSR count). The lowest BCUT2D eigenvalue weighted by molar-refractivity contribution is 0.492. The second kappa shape index (κ2) is 5.56. The van der Waals surface area contributed by atoms with Gasteiger partial charge in [0, 0.05) is 11.3 Å². The first-order valence-electron chi connectivity index (χ1n) is 7.35. The Hall–Kier alpha value is -1.74. The number of rotatable bonds is 3. The predicted octanol–water partition coefficient (Wildman–Crippen LogP) is 5.32. The fourth-order valence-corrected chi connectivity index (χ4v) is 2.94. The van der Waals surface area contributed by atoms with Crippen molar-refractivity contribution in [3.63, 3.8) is 0 Å². The molecule has 0 aliphatic heterocycles. The van der Waals surface area contributed by atoms with Crippen LogP contribution in [0.3, 0.4) is 0 Å². The summed E-state index contributed by atoms with van der Waals surface area (Å²) >= 11 is 0. The summed E-state index contributed by atoms with van der Waals surface area (Å²) < 4.78 is 6.30. The second-order valence-electron chi connectivity index (χ2n) is 6.97. The highest BCUT2D eigenvalue weighted by Crippen LogP contribution is 2.37. The molecule has 0 radical (unpaired) electrons. The van der Waals surface area contributed by atoms with Gasteiger partial charge in [-0.15, -0.1) is 0 Å². The van der Waals surface area contributed by atoms with E-state index in [0.29, 0.717) is 0 Å². The lowest BCUT2D eigenvalue weighted by atomic mass is 10.0. The zero-order valence-electron chi connectivity index (χ0n) is 13.6. The molecule has 0 aliphatic rings. The molecule has 3 heteroatoms. The van der Waals surface area contributed by atoms with Crippen molar-refractivity contribution in [1.82, 2.24) is 0 Å². The fraction of sp³-hybridized carbons (Fsp3) is 0.333. The zero-order chi connectivity index (χ0) is 15.7. The molecule has 0 unspecified atom stereocenters. The summed E-state index contributed by atoms with van der Waals surface area (Å²) in [5.41, 5.74) is 9.01. The van der Waals surface area contributed by atoms with Crippen molar-refractivity contribution in [2.24, 2.45) is 0 Å². The number of hydrogen-bond acceptors (Lipinski definition) is 2. The van der Waals surface area contributed by atoms with Gasteiger partial charge in [0.2, 0.25) is 8.32 Å². The van der Waals surface area contributed by atoms with Gasteiger partial charge in [-0.3, -0.25) is 0 Å². The minimum absolute atomic E-state index is 0.204. The van der Waals surface area contributed by atoms with Crippen LogP contribution >= 0.6 is 0 Å². The fourth-order valence-electron chi connectivity index (χ4n) is 1.91. The molecule has 21 heavy (non-hydrogen) atoms. The lowest BCUT2D eigenvalue weighted by Crippen LogP contribution is -2.43. The van der Waals surface area contributed by atoms with Gasteiger partial charge >= 0.3 is 0 Å². The molecule has 2 nitrogen and oxygen atoms in total. The van der Waals surface area contributed by atoms with E-state index in [2.05, 4.69) is 46.0 Å². The van der Waals surface area contributed by atoms with Crippen molar-refractivity contribution in [3.8, 4) is 16.9 Å². The molecule has 0 atom stereocenters. The molecule has 112 valence electrons. The monoisotopic (exact) mass is 299 g/mol. The summed E-state index contributed by atoms with van der Waals surface area (Å²) in [6.07, 6.45) is 0. The third-order valence-electron chi connectivity index (χ3n) is 4.31. The van der Waals surface area contributed by atoms with Crippen molar-refractivity contribution >= 4 is 14.0 Å². The molecule has 0 heterocycles. The van der Waals surface area contributed by atoms with Crippen molar-refractivity contribution in [1.29, 1.82) is 0 Å². The van der Waals surface area contributed by atoms with Gasteiger partial charge in [0.25, 0.3) is 0 Å². The van der Waals surface area contributed by atoms with E-state index in [4.69, 9.17) is 10.2 Å². The van der Waals surface area contributed by atoms with Crippen LogP contribution in [-0.2, 0) is 0 Å². The van der Waals surface area contributed by atoms with Crippen LogP contribution in [0.5, 0.6) is 5.75 Å². The van der Waals surface area contributed by atoms with Crippen LogP contribution in [0.2, 0.25) is 18.1 Å². The van der Waals surface area contributed by atoms with E-state index >= 15 is 0 Å². The zero-order valence-corrected chi connectivity index (χ0v) is 14.6. The Balaban J connectivity index is 2.23. The van der Waals surface area contributed by atoms with Gasteiger partial charge in [-0.05, 0) is 41.9 Å².